The van der Waals surface area contributed by atoms with E-state index < -0.39 is 0 Å². The van der Waals surface area contributed by atoms with Gasteiger partial charge in [0.1, 0.15) is 5.52 Å². The predicted molar refractivity (Wildman–Crippen MR) is 120 cm³/mol. The monoisotopic (exact) mass is 438 g/mol. The van der Waals surface area contributed by atoms with Crippen LogP contribution in [0.1, 0.15) is 32.9 Å². The molecule has 30 heavy (non-hydrogen) atoms. The number of carbonyl (C=O) groups is 1. The first-order valence-corrected chi connectivity index (χ1v) is 10.3. The third kappa shape index (κ3) is 4.50. The first-order valence-electron chi connectivity index (χ1n) is 9.55. The van der Waals surface area contributed by atoms with E-state index in [2.05, 4.69) is 4.98 Å². The number of hydrogen-bond acceptors (Lipinski definition) is 3. The van der Waals surface area contributed by atoms with Gasteiger partial charge in [0.25, 0.3) is 5.91 Å². The molecule has 0 bridgehead atoms. The van der Waals surface area contributed by atoms with Crippen LogP contribution in [0.15, 0.2) is 65.1 Å². The van der Waals surface area contributed by atoms with E-state index in [0.29, 0.717) is 33.6 Å². The van der Waals surface area contributed by atoms with Gasteiger partial charge < -0.3 is 9.32 Å². The first-order chi connectivity index (χ1) is 14.4. The van der Waals surface area contributed by atoms with E-state index >= 15 is 0 Å². The minimum atomic E-state index is -0.212. The van der Waals surface area contributed by atoms with E-state index in [1.54, 1.807) is 23.1 Å². The molecular formula is C24H20Cl2N2O2. The molecule has 0 unspecified atom stereocenters. The molecule has 0 N–H and O–H groups in total. The van der Waals surface area contributed by atoms with E-state index in [-0.39, 0.29) is 12.5 Å². The molecule has 0 saturated heterocycles. The maximum absolute atomic E-state index is 13.4. The Labute approximate surface area is 185 Å². The smallest absolute Gasteiger partial charge is 0.256 e. The fourth-order valence-corrected chi connectivity index (χ4v) is 3.75. The molecule has 1 amide bonds. The minimum absolute atomic E-state index is 0.212. The van der Waals surface area contributed by atoms with E-state index in [9.17, 15) is 4.79 Å². The van der Waals surface area contributed by atoms with Crippen molar-refractivity contribution in [2.45, 2.75) is 26.9 Å². The molecule has 0 atom stereocenters. The second-order valence-corrected chi connectivity index (χ2v) is 8.19. The SMILES string of the molecule is Cc1ccc(CN(Cc2nc3cc(C)ccc3o2)C(=O)c2ccc(Cl)cc2Cl)cc1. The van der Waals surface area contributed by atoms with E-state index in [1.807, 2.05) is 56.3 Å². The molecule has 0 fully saturated rings. The maximum atomic E-state index is 13.4. The number of amides is 1. The summed E-state index contributed by atoms with van der Waals surface area (Å²) in [6.07, 6.45) is 0. The van der Waals surface area contributed by atoms with Crippen molar-refractivity contribution < 1.29 is 9.21 Å². The molecule has 0 radical (unpaired) electrons. The number of fused-ring (bicyclic) bond motifs is 1. The number of oxazole rings is 1. The van der Waals surface area contributed by atoms with Gasteiger partial charge in [-0.25, -0.2) is 4.98 Å². The van der Waals surface area contributed by atoms with Crippen molar-refractivity contribution in [2.24, 2.45) is 0 Å². The fraction of sp³-hybridized carbons (Fsp3) is 0.167. The third-order valence-corrected chi connectivity index (χ3v) is 5.40. The Hall–Kier alpha value is -2.82. The predicted octanol–water partition coefficient (Wildman–Crippen LogP) is 6.59. The van der Waals surface area contributed by atoms with Gasteiger partial charge in [-0.3, -0.25) is 4.79 Å². The summed E-state index contributed by atoms with van der Waals surface area (Å²) in [7, 11) is 0. The molecule has 0 aliphatic rings. The molecule has 0 spiro atoms. The second-order valence-electron chi connectivity index (χ2n) is 7.35. The van der Waals surface area contributed by atoms with Gasteiger partial charge >= 0.3 is 0 Å². The van der Waals surface area contributed by atoms with Crippen LogP contribution in [0.5, 0.6) is 0 Å². The van der Waals surface area contributed by atoms with Crippen LogP contribution in [-0.4, -0.2) is 15.8 Å². The van der Waals surface area contributed by atoms with Crippen LogP contribution >= 0.6 is 23.2 Å². The number of aryl methyl sites for hydroxylation is 2. The van der Waals surface area contributed by atoms with Crippen molar-refractivity contribution in [1.29, 1.82) is 0 Å². The molecule has 1 heterocycles. The van der Waals surface area contributed by atoms with Crippen molar-refractivity contribution in [1.82, 2.24) is 9.88 Å². The quantitative estimate of drug-likeness (QED) is 0.352. The molecular weight excluding hydrogens is 419 g/mol. The topological polar surface area (TPSA) is 46.3 Å². The lowest BCUT2D eigenvalue weighted by atomic mass is 10.1. The number of carbonyl (C=O) groups excluding carboxylic acids is 1. The molecule has 4 nitrogen and oxygen atoms in total. The normalized spacial score (nSPS) is 11.1. The lowest BCUT2D eigenvalue weighted by molar-refractivity contribution is 0.0715. The molecule has 3 aromatic carbocycles. The van der Waals surface area contributed by atoms with Gasteiger partial charge in [0.2, 0.25) is 5.89 Å². The van der Waals surface area contributed by atoms with Gasteiger partial charge in [-0.15, -0.1) is 0 Å². The zero-order chi connectivity index (χ0) is 21.3. The Morgan fingerprint density at radius 3 is 2.40 bits per heavy atom. The average Bonchev–Trinajstić information content (AvgIpc) is 3.10. The summed E-state index contributed by atoms with van der Waals surface area (Å²) in [5.74, 6) is 0.261. The van der Waals surface area contributed by atoms with Crippen LogP contribution in [0.25, 0.3) is 11.1 Å². The Kier molecular flexibility index (Phi) is 5.80. The van der Waals surface area contributed by atoms with Crippen LogP contribution in [0.4, 0.5) is 0 Å². The van der Waals surface area contributed by atoms with Crippen LogP contribution in [0.3, 0.4) is 0 Å². The van der Waals surface area contributed by atoms with Crippen molar-refractivity contribution in [2.75, 3.05) is 0 Å². The Balaban J connectivity index is 1.68. The number of hydrogen-bond donors (Lipinski definition) is 0. The summed E-state index contributed by atoms with van der Waals surface area (Å²) in [5, 5.41) is 0.797. The summed E-state index contributed by atoms with van der Waals surface area (Å²) in [5.41, 5.74) is 5.13. The molecule has 152 valence electrons. The van der Waals surface area contributed by atoms with Crippen LogP contribution in [-0.2, 0) is 13.1 Å². The highest BCUT2D eigenvalue weighted by atomic mass is 35.5. The fourth-order valence-electron chi connectivity index (χ4n) is 3.26. The van der Waals surface area contributed by atoms with Crippen LogP contribution < -0.4 is 0 Å². The highest BCUT2D eigenvalue weighted by Crippen LogP contribution is 2.25. The maximum Gasteiger partial charge on any atom is 0.256 e. The molecule has 6 heteroatoms. The number of rotatable bonds is 5. The van der Waals surface area contributed by atoms with Gasteiger partial charge in [-0.2, -0.15) is 0 Å². The number of aromatic nitrogens is 1. The van der Waals surface area contributed by atoms with E-state index in [1.165, 1.54) is 0 Å². The van der Waals surface area contributed by atoms with Gasteiger partial charge in [-0.1, -0.05) is 59.1 Å². The van der Waals surface area contributed by atoms with Crippen molar-refractivity contribution in [3.63, 3.8) is 0 Å². The zero-order valence-electron chi connectivity index (χ0n) is 16.7. The van der Waals surface area contributed by atoms with Crippen molar-refractivity contribution in [3.8, 4) is 0 Å². The van der Waals surface area contributed by atoms with Gasteiger partial charge in [0.05, 0.1) is 17.1 Å². The Bertz CT molecular complexity index is 1220. The molecule has 0 saturated carbocycles. The van der Waals surface area contributed by atoms with Crippen molar-refractivity contribution >= 4 is 40.2 Å². The van der Waals surface area contributed by atoms with Gasteiger partial charge in [-0.05, 0) is 55.3 Å². The molecule has 0 aliphatic heterocycles. The summed E-state index contributed by atoms with van der Waals surface area (Å²) in [6, 6.07) is 18.8. The number of benzene rings is 3. The van der Waals surface area contributed by atoms with Gasteiger partial charge in [0.15, 0.2) is 5.58 Å². The lowest BCUT2D eigenvalue weighted by Crippen LogP contribution is -2.30. The third-order valence-electron chi connectivity index (χ3n) is 4.86. The zero-order valence-corrected chi connectivity index (χ0v) is 18.2. The Morgan fingerprint density at radius 1 is 0.933 bits per heavy atom. The summed E-state index contributed by atoms with van der Waals surface area (Å²) in [4.78, 5) is 19.6. The second kappa shape index (κ2) is 8.50. The van der Waals surface area contributed by atoms with Gasteiger partial charge in [0, 0.05) is 11.6 Å². The molecule has 1 aromatic heterocycles. The van der Waals surface area contributed by atoms with E-state index in [0.717, 1.165) is 22.2 Å². The molecule has 0 aliphatic carbocycles. The lowest BCUT2D eigenvalue weighted by Gasteiger charge is -2.22. The highest BCUT2D eigenvalue weighted by molar-refractivity contribution is 6.36. The molecule has 4 rings (SSSR count). The largest absolute Gasteiger partial charge is 0.439 e. The number of nitrogens with zero attached hydrogens (tertiary/aromatic N) is 2. The summed E-state index contributed by atoms with van der Waals surface area (Å²) < 4.78 is 5.89. The Morgan fingerprint density at radius 2 is 1.67 bits per heavy atom. The number of halogens is 2. The summed E-state index contributed by atoms with van der Waals surface area (Å²) >= 11 is 12.3. The van der Waals surface area contributed by atoms with Crippen LogP contribution in [0.2, 0.25) is 10.0 Å². The van der Waals surface area contributed by atoms with Crippen molar-refractivity contribution in [3.05, 3.63) is 98.9 Å². The molecule has 4 aromatic rings. The first kappa shape index (κ1) is 20.5. The van der Waals surface area contributed by atoms with E-state index in [4.69, 9.17) is 27.6 Å². The minimum Gasteiger partial charge on any atom is -0.439 e. The average molecular weight is 439 g/mol. The standard InChI is InChI=1S/C24H20Cl2N2O2/c1-15-3-6-17(7-4-15)13-28(24(29)19-9-8-18(25)12-20(19)26)14-23-27-21-11-16(2)5-10-22(21)30-23/h3-12H,13-14H2,1-2H3. The van der Waals surface area contributed by atoms with Crippen LogP contribution in [0, 0.1) is 13.8 Å². The summed E-state index contributed by atoms with van der Waals surface area (Å²) in [6.45, 7) is 4.65. The highest BCUT2D eigenvalue weighted by Gasteiger charge is 2.22.